The van der Waals surface area contributed by atoms with Crippen LogP contribution in [0.15, 0.2) is 18.2 Å². The van der Waals surface area contributed by atoms with Gasteiger partial charge in [-0.1, -0.05) is 46.8 Å². The van der Waals surface area contributed by atoms with E-state index in [2.05, 4.69) is 44.3 Å². The highest BCUT2D eigenvalue weighted by molar-refractivity contribution is 6.01. The fraction of sp³-hybridized carbons (Fsp3) is 0.588. The second-order valence-electron chi connectivity index (χ2n) is 6.16. The third-order valence-corrected chi connectivity index (χ3v) is 3.54. The van der Waals surface area contributed by atoms with Gasteiger partial charge >= 0.3 is 0 Å². The van der Waals surface area contributed by atoms with Gasteiger partial charge in [0.05, 0.1) is 6.04 Å². The molecule has 0 aliphatic heterocycles. The van der Waals surface area contributed by atoms with E-state index in [9.17, 15) is 4.79 Å². The largest absolute Gasteiger partial charge is 0.307 e. The van der Waals surface area contributed by atoms with E-state index in [1.54, 1.807) is 0 Å². The summed E-state index contributed by atoms with van der Waals surface area (Å²) in [7, 11) is 0. The van der Waals surface area contributed by atoms with Gasteiger partial charge in [-0.05, 0) is 42.5 Å². The summed E-state index contributed by atoms with van der Waals surface area (Å²) < 4.78 is 0. The average Bonchev–Trinajstić information content (AvgIpc) is 2.34. The standard InChI is InChI=1S/C17H27NO/c1-7-15(18-8-2)16(19)14-11-13(17(4,5)6)10-9-12(14)3/h9-11,15,18H,7-8H2,1-6H3. The molecule has 0 spiro atoms. The van der Waals surface area contributed by atoms with Crippen LogP contribution in [0.2, 0.25) is 0 Å². The molecular formula is C17H27NO. The predicted octanol–water partition coefficient (Wildman–Crippen LogP) is 3.86. The highest BCUT2D eigenvalue weighted by atomic mass is 16.1. The molecule has 1 aromatic carbocycles. The molecule has 0 fully saturated rings. The SMILES string of the molecule is CCNC(CC)C(=O)c1cc(C(C)(C)C)ccc1C. The normalized spacial score (nSPS) is 13.4. The molecule has 2 nitrogen and oxygen atoms in total. The van der Waals surface area contributed by atoms with Crippen LogP contribution in [0.1, 0.15) is 62.5 Å². The van der Waals surface area contributed by atoms with Crippen molar-refractivity contribution in [1.82, 2.24) is 5.32 Å². The monoisotopic (exact) mass is 261 g/mol. The maximum absolute atomic E-state index is 12.6. The van der Waals surface area contributed by atoms with Crippen LogP contribution in [-0.2, 0) is 5.41 Å². The number of benzene rings is 1. The molecule has 19 heavy (non-hydrogen) atoms. The Hall–Kier alpha value is -1.15. The summed E-state index contributed by atoms with van der Waals surface area (Å²) >= 11 is 0. The van der Waals surface area contributed by atoms with E-state index in [0.717, 1.165) is 24.1 Å². The number of carbonyl (C=O) groups excluding carboxylic acids is 1. The van der Waals surface area contributed by atoms with Crippen LogP contribution in [0.3, 0.4) is 0 Å². The molecule has 0 aliphatic rings. The zero-order chi connectivity index (χ0) is 14.6. The predicted molar refractivity (Wildman–Crippen MR) is 82.0 cm³/mol. The minimum absolute atomic E-state index is 0.0704. The number of hydrogen-bond acceptors (Lipinski definition) is 2. The fourth-order valence-corrected chi connectivity index (χ4v) is 2.21. The molecule has 0 bridgehead atoms. The maximum atomic E-state index is 12.6. The maximum Gasteiger partial charge on any atom is 0.179 e. The third-order valence-electron chi connectivity index (χ3n) is 3.54. The van der Waals surface area contributed by atoms with Crippen molar-refractivity contribution < 1.29 is 4.79 Å². The molecule has 0 aromatic heterocycles. The van der Waals surface area contributed by atoms with Crippen molar-refractivity contribution in [1.29, 1.82) is 0 Å². The van der Waals surface area contributed by atoms with Gasteiger partial charge in [0.15, 0.2) is 5.78 Å². The summed E-state index contributed by atoms with van der Waals surface area (Å²) in [6.07, 6.45) is 0.825. The second-order valence-corrected chi connectivity index (χ2v) is 6.16. The van der Waals surface area contributed by atoms with Crippen molar-refractivity contribution in [2.24, 2.45) is 0 Å². The molecule has 0 aliphatic carbocycles. The molecule has 1 unspecified atom stereocenters. The molecule has 0 radical (unpaired) electrons. The molecule has 1 N–H and O–H groups in total. The minimum atomic E-state index is -0.0704. The van der Waals surface area contributed by atoms with E-state index >= 15 is 0 Å². The number of hydrogen-bond donors (Lipinski definition) is 1. The van der Waals surface area contributed by atoms with E-state index in [4.69, 9.17) is 0 Å². The number of aryl methyl sites for hydroxylation is 1. The minimum Gasteiger partial charge on any atom is -0.307 e. The van der Waals surface area contributed by atoms with Crippen LogP contribution in [0.5, 0.6) is 0 Å². The van der Waals surface area contributed by atoms with Crippen molar-refractivity contribution >= 4 is 5.78 Å². The van der Waals surface area contributed by atoms with Crippen molar-refractivity contribution in [3.63, 3.8) is 0 Å². The highest BCUT2D eigenvalue weighted by Gasteiger charge is 2.21. The van der Waals surface area contributed by atoms with E-state index in [1.165, 1.54) is 5.56 Å². The fourth-order valence-electron chi connectivity index (χ4n) is 2.21. The van der Waals surface area contributed by atoms with Gasteiger partial charge < -0.3 is 5.32 Å². The van der Waals surface area contributed by atoms with Gasteiger partial charge in [-0.2, -0.15) is 0 Å². The Bertz CT molecular complexity index is 443. The van der Waals surface area contributed by atoms with Crippen molar-refractivity contribution in [2.45, 2.75) is 59.4 Å². The highest BCUT2D eigenvalue weighted by Crippen LogP contribution is 2.25. The van der Waals surface area contributed by atoms with Gasteiger partial charge in [0.1, 0.15) is 0 Å². The first-order chi connectivity index (χ1) is 8.81. The van der Waals surface area contributed by atoms with Gasteiger partial charge in [-0.15, -0.1) is 0 Å². The van der Waals surface area contributed by atoms with Gasteiger partial charge in [0, 0.05) is 5.56 Å². The zero-order valence-electron chi connectivity index (χ0n) is 13.1. The molecule has 2 heteroatoms. The Morgan fingerprint density at radius 3 is 2.37 bits per heavy atom. The lowest BCUT2D eigenvalue weighted by molar-refractivity contribution is 0.0941. The number of rotatable bonds is 5. The molecule has 1 aromatic rings. The summed E-state index contributed by atoms with van der Waals surface area (Å²) in [5.74, 6) is 0.216. The Labute approximate surface area is 117 Å². The van der Waals surface area contributed by atoms with Gasteiger partial charge in [-0.25, -0.2) is 0 Å². The summed E-state index contributed by atoms with van der Waals surface area (Å²) in [6.45, 7) is 13.4. The van der Waals surface area contributed by atoms with Gasteiger partial charge in [-0.3, -0.25) is 4.79 Å². The lowest BCUT2D eigenvalue weighted by Crippen LogP contribution is -2.36. The summed E-state index contributed by atoms with van der Waals surface area (Å²) in [5.41, 5.74) is 3.21. The third kappa shape index (κ3) is 3.90. The van der Waals surface area contributed by atoms with E-state index < -0.39 is 0 Å². The molecule has 0 saturated carbocycles. The number of ketones is 1. The number of Topliss-reactive ketones (excluding diaryl/α,β-unsaturated/α-hetero) is 1. The van der Waals surface area contributed by atoms with Crippen LogP contribution >= 0.6 is 0 Å². The van der Waals surface area contributed by atoms with Gasteiger partial charge in [0.25, 0.3) is 0 Å². The quantitative estimate of drug-likeness (QED) is 0.815. The van der Waals surface area contributed by atoms with Crippen molar-refractivity contribution in [3.8, 4) is 0 Å². The van der Waals surface area contributed by atoms with E-state index in [1.807, 2.05) is 20.8 Å². The van der Waals surface area contributed by atoms with E-state index in [0.29, 0.717) is 0 Å². The van der Waals surface area contributed by atoms with Crippen LogP contribution < -0.4 is 5.32 Å². The molecule has 1 rings (SSSR count). The smallest absolute Gasteiger partial charge is 0.179 e. The van der Waals surface area contributed by atoms with Crippen molar-refractivity contribution in [3.05, 3.63) is 34.9 Å². The van der Waals surface area contributed by atoms with Crippen LogP contribution in [0.25, 0.3) is 0 Å². The molecule has 106 valence electrons. The first-order valence-electron chi connectivity index (χ1n) is 7.20. The molecule has 0 heterocycles. The first kappa shape index (κ1) is 15.9. The topological polar surface area (TPSA) is 29.1 Å². The van der Waals surface area contributed by atoms with Crippen molar-refractivity contribution in [2.75, 3.05) is 6.54 Å². The lowest BCUT2D eigenvalue weighted by Gasteiger charge is -2.22. The molecule has 1 atom stereocenters. The Kier molecular flexibility index (Phi) is 5.30. The van der Waals surface area contributed by atoms with Gasteiger partial charge in [0.2, 0.25) is 0 Å². The summed E-state index contributed by atoms with van der Waals surface area (Å²) in [6, 6.07) is 6.18. The second kappa shape index (κ2) is 6.33. The Balaban J connectivity index is 3.15. The van der Waals surface area contributed by atoms with Crippen LogP contribution in [0.4, 0.5) is 0 Å². The average molecular weight is 261 g/mol. The molecule has 0 amide bonds. The molecule has 0 saturated heterocycles. The Morgan fingerprint density at radius 1 is 1.26 bits per heavy atom. The Morgan fingerprint density at radius 2 is 1.89 bits per heavy atom. The first-order valence-corrected chi connectivity index (χ1v) is 7.20. The summed E-state index contributed by atoms with van der Waals surface area (Å²) in [4.78, 5) is 12.6. The molecular weight excluding hydrogens is 234 g/mol. The lowest BCUT2D eigenvalue weighted by atomic mass is 9.84. The number of carbonyl (C=O) groups is 1. The van der Waals surface area contributed by atoms with E-state index in [-0.39, 0.29) is 17.2 Å². The number of likely N-dealkylation sites (N-methyl/N-ethyl adjacent to an activating group) is 1. The summed E-state index contributed by atoms with van der Waals surface area (Å²) in [5, 5.41) is 3.27. The zero-order valence-corrected chi connectivity index (χ0v) is 13.1. The number of nitrogens with one attached hydrogen (secondary N) is 1. The van der Waals surface area contributed by atoms with Crippen LogP contribution in [0, 0.1) is 6.92 Å². The van der Waals surface area contributed by atoms with Crippen LogP contribution in [-0.4, -0.2) is 18.4 Å².